The summed E-state index contributed by atoms with van der Waals surface area (Å²) >= 11 is 0. The van der Waals surface area contributed by atoms with Crippen LogP contribution in [0, 0.1) is 0 Å². The van der Waals surface area contributed by atoms with Crippen LogP contribution in [0.2, 0.25) is 0 Å². The molecule has 82 valence electrons. The van der Waals surface area contributed by atoms with Crippen molar-refractivity contribution >= 4 is 5.84 Å². The van der Waals surface area contributed by atoms with Crippen molar-refractivity contribution in [3.63, 3.8) is 0 Å². The zero-order chi connectivity index (χ0) is 11.1. The van der Waals surface area contributed by atoms with Gasteiger partial charge in [-0.1, -0.05) is 11.2 Å². The van der Waals surface area contributed by atoms with Gasteiger partial charge in [0, 0.05) is 25.2 Å². The lowest BCUT2D eigenvalue weighted by Gasteiger charge is -2.12. The van der Waals surface area contributed by atoms with E-state index in [9.17, 15) is 0 Å². The number of pyridine rings is 1. The van der Waals surface area contributed by atoms with Crippen molar-refractivity contribution in [2.24, 2.45) is 10.9 Å². The van der Waals surface area contributed by atoms with Crippen LogP contribution in [0.5, 0.6) is 0 Å². The van der Waals surface area contributed by atoms with Gasteiger partial charge < -0.3 is 16.3 Å². The molecule has 1 unspecified atom stereocenters. The average molecular weight is 208 g/mol. The monoisotopic (exact) mass is 208 g/mol. The highest BCUT2D eigenvalue weighted by Gasteiger charge is 2.04. The first kappa shape index (κ1) is 11.5. The normalized spacial score (nSPS) is 13.8. The van der Waals surface area contributed by atoms with E-state index in [4.69, 9.17) is 10.9 Å². The first-order chi connectivity index (χ1) is 7.22. The second-order valence-corrected chi connectivity index (χ2v) is 3.40. The molecule has 0 spiro atoms. The van der Waals surface area contributed by atoms with Gasteiger partial charge in [0.2, 0.25) is 0 Å². The van der Waals surface area contributed by atoms with Crippen molar-refractivity contribution in [3.05, 3.63) is 30.1 Å². The van der Waals surface area contributed by atoms with E-state index in [1.54, 1.807) is 6.20 Å². The molecule has 15 heavy (non-hydrogen) atoms. The lowest BCUT2D eigenvalue weighted by Crippen LogP contribution is -2.30. The molecular weight excluding hydrogens is 192 g/mol. The Morgan fingerprint density at radius 2 is 2.47 bits per heavy atom. The standard InChI is InChI=1S/C10H16N4O/c1-8(6-10(11)14-15)13-7-9-4-2-3-5-12-9/h2-5,8,13,15H,6-7H2,1H3,(H2,11,14). The Morgan fingerprint density at radius 3 is 3.07 bits per heavy atom. The number of aromatic nitrogens is 1. The second-order valence-electron chi connectivity index (χ2n) is 3.40. The van der Waals surface area contributed by atoms with Crippen molar-refractivity contribution < 1.29 is 5.21 Å². The van der Waals surface area contributed by atoms with Gasteiger partial charge in [0.25, 0.3) is 0 Å². The summed E-state index contributed by atoms with van der Waals surface area (Å²) in [6.07, 6.45) is 2.27. The zero-order valence-electron chi connectivity index (χ0n) is 8.72. The summed E-state index contributed by atoms with van der Waals surface area (Å²) in [5.41, 5.74) is 6.36. The fourth-order valence-corrected chi connectivity index (χ4v) is 1.21. The fourth-order valence-electron chi connectivity index (χ4n) is 1.21. The van der Waals surface area contributed by atoms with Crippen molar-refractivity contribution in [3.8, 4) is 0 Å². The first-order valence-corrected chi connectivity index (χ1v) is 4.82. The molecule has 0 aliphatic carbocycles. The number of hydrogen-bond acceptors (Lipinski definition) is 4. The third-order valence-electron chi connectivity index (χ3n) is 2.00. The summed E-state index contributed by atoms with van der Waals surface area (Å²) in [5, 5.41) is 14.5. The molecule has 0 aliphatic heterocycles. The molecule has 5 nitrogen and oxygen atoms in total. The van der Waals surface area contributed by atoms with Crippen LogP contribution in [0.1, 0.15) is 19.0 Å². The van der Waals surface area contributed by atoms with Gasteiger partial charge in [0.1, 0.15) is 5.84 Å². The third kappa shape index (κ3) is 4.42. The number of nitrogens with zero attached hydrogens (tertiary/aromatic N) is 2. The van der Waals surface area contributed by atoms with E-state index in [-0.39, 0.29) is 11.9 Å². The van der Waals surface area contributed by atoms with E-state index in [0.717, 1.165) is 5.69 Å². The Labute approximate surface area is 89.0 Å². The third-order valence-corrected chi connectivity index (χ3v) is 2.00. The second kappa shape index (κ2) is 5.98. The molecular formula is C10H16N4O. The van der Waals surface area contributed by atoms with Gasteiger partial charge >= 0.3 is 0 Å². The fraction of sp³-hybridized carbons (Fsp3) is 0.400. The highest BCUT2D eigenvalue weighted by Crippen LogP contribution is 1.96. The van der Waals surface area contributed by atoms with E-state index >= 15 is 0 Å². The van der Waals surface area contributed by atoms with Crippen molar-refractivity contribution in [2.75, 3.05) is 0 Å². The van der Waals surface area contributed by atoms with Crippen LogP contribution in [-0.4, -0.2) is 22.1 Å². The Hall–Kier alpha value is -1.62. The van der Waals surface area contributed by atoms with Gasteiger partial charge in [-0.25, -0.2) is 0 Å². The van der Waals surface area contributed by atoms with E-state index in [2.05, 4.69) is 15.5 Å². The molecule has 0 radical (unpaired) electrons. The van der Waals surface area contributed by atoms with Crippen LogP contribution in [0.3, 0.4) is 0 Å². The highest BCUT2D eigenvalue weighted by molar-refractivity contribution is 5.80. The van der Waals surface area contributed by atoms with Crippen LogP contribution in [-0.2, 0) is 6.54 Å². The van der Waals surface area contributed by atoms with Gasteiger partial charge in [0.05, 0.1) is 5.69 Å². The lowest BCUT2D eigenvalue weighted by molar-refractivity contribution is 0.315. The largest absolute Gasteiger partial charge is 0.409 e. The SMILES string of the molecule is CC(CC(N)=NO)NCc1ccccn1. The summed E-state index contributed by atoms with van der Waals surface area (Å²) in [5.74, 6) is 0.232. The molecule has 0 aliphatic rings. The number of nitrogens with two attached hydrogens (primary N) is 1. The molecule has 1 rings (SSSR count). The van der Waals surface area contributed by atoms with Crippen LogP contribution in [0.25, 0.3) is 0 Å². The molecule has 5 heteroatoms. The molecule has 0 amide bonds. The van der Waals surface area contributed by atoms with Gasteiger partial charge in [-0.05, 0) is 19.1 Å². The van der Waals surface area contributed by atoms with E-state index < -0.39 is 0 Å². The predicted molar refractivity (Wildman–Crippen MR) is 58.6 cm³/mol. The summed E-state index contributed by atoms with van der Waals surface area (Å²) in [4.78, 5) is 4.18. The first-order valence-electron chi connectivity index (χ1n) is 4.82. The molecule has 0 fully saturated rings. The Morgan fingerprint density at radius 1 is 1.67 bits per heavy atom. The maximum atomic E-state index is 8.39. The minimum atomic E-state index is 0.155. The van der Waals surface area contributed by atoms with E-state index in [1.807, 2.05) is 25.1 Å². The topological polar surface area (TPSA) is 83.5 Å². The smallest absolute Gasteiger partial charge is 0.140 e. The minimum absolute atomic E-state index is 0.155. The van der Waals surface area contributed by atoms with Crippen LogP contribution < -0.4 is 11.1 Å². The quantitative estimate of drug-likeness (QED) is 0.288. The molecule has 1 atom stereocenters. The number of oxime groups is 1. The van der Waals surface area contributed by atoms with Crippen LogP contribution in [0.15, 0.2) is 29.6 Å². The maximum Gasteiger partial charge on any atom is 0.140 e. The average Bonchev–Trinajstić information content (AvgIpc) is 2.27. The number of rotatable bonds is 5. The van der Waals surface area contributed by atoms with Gasteiger partial charge in [-0.3, -0.25) is 4.98 Å². The highest BCUT2D eigenvalue weighted by atomic mass is 16.4. The number of nitrogens with one attached hydrogen (secondary N) is 1. The molecule has 1 aromatic rings. The van der Waals surface area contributed by atoms with Crippen LogP contribution in [0.4, 0.5) is 0 Å². The molecule has 0 saturated heterocycles. The number of amidine groups is 1. The Kier molecular flexibility index (Phi) is 4.56. The van der Waals surface area contributed by atoms with Crippen molar-refractivity contribution in [1.82, 2.24) is 10.3 Å². The van der Waals surface area contributed by atoms with E-state index in [1.165, 1.54) is 0 Å². The molecule has 0 aromatic carbocycles. The summed E-state index contributed by atoms with van der Waals surface area (Å²) in [6.45, 7) is 2.65. The number of hydrogen-bond donors (Lipinski definition) is 3. The molecule has 4 N–H and O–H groups in total. The summed E-state index contributed by atoms with van der Waals surface area (Å²) < 4.78 is 0. The molecule has 0 saturated carbocycles. The van der Waals surface area contributed by atoms with Crippen LogP contribution >= 0.6 is 0 Å². The lowest BCUT2D eigenvalue weighted by atomic mass is 10.2. The van der Waals surface area contributed by atoms with Gasteiger partial charge in [0.15, 0.2) is 0 Å². The Bertz CT molecular complexity index is 312. The van der Waals surface area contributed by atoms with Crippen molar-refractivity contribution in [1.29, 1.82) is 0 Å². The van der Waals surface area contributed by atoms with Gasteiger partial charge in [-0.2, -0.15) is 0 Å². The van der Waals surface area contributed by atoms with Gasteiger partial charge in [-0.15, -0.1) is 0 Å². The summed E-state index contributed by atoms with van der Waals surface area (Å²) in [7, 11) is 0. The summed E-state index contributed by atoms with van der Waals surface area (Å²) in [6, 6.07) is 5.92. The molecule has 1 aromatic heterocycles. The maximum absolute atomic E-state index is 8.39. The van der Waals surface area contributed by atoms with Crippen molar-refractivity contribution in [2.45, 2.75) is 25.9 Å². The molecule has 0 bridgehead atoms. The van der Waals surface area contributed by atoms with E-state index in [0.29, 0.717) is 13.0 Å². The Balaban J connectivity index is 2.31. The predicted octanol–water partition coefficient (Wildman–Crippen LogP) is 0.696. The molecule has 1 heterocycles. The zero-order valence-corrected chi connectivity index (χ0v) is 8.72. The minimum Gasteiger partial charge on any atom is -0.409 e.